The molecular formula is C18H24N2OS2. The van der Waals surface area contributed by atoms with Gasteiger partial charge in [-0.1, -0.05) is 60.9 Å². The highest BCUT2D eigenvalue weighted by molar-refractivity contribution is 8.14. The summed E-state index contributed by atoms with van der Waals surface area (Å²) in [5.74, 6) is 0. The molecule has 2 fully saturated rings. The van der Waals surface area contributed by atoms with Crippen molar-refractivity contribution in [2.24, 2.45) is 0 Å². The minimum Gasteiger partial charge on any atom is -0.359 e. The van der Waals surface area contributed by atoms with Gasteiger partial charge in [0, 0.05) is 6.04 Å². The van der Waals surface area contributed by atoms with Crippen molar-refractivity contribution in [2.45, 2.75) is 63.3 Å². The molecule has 1 aliphatic heterocycles. The zero-order valence-corrected chi connectivity index (χ0v) is 15.4. The molecule has 124 valence electrons. The van der Waals surface area contributed by atoms with Crippen molar-refractivity contribution < 1.29 is 4.79 Å². The maximum atomic E-state index is 12.5. The number of carbonyl (C=O) groups excluding carboxylic acids is 1. The predicted molar refractivity (Wildman–Crippen MR) is 101 cm³/mol. The smallest absolute Gasteiger partial charge is 0.288 e. The van der Waals surface area contributed by atoms with E-state index in [1.165, 1.54) is 42.2 Å². The molecule has 1 amide bonds. The fourth-order valence-corrected chi connectivity index (χ4v) is 5.10. The zero-order valence-electron chi connectivity index (χ0n) is 13.7. The summed E-state index contributed by atoms with van der Waals surface area (Å²) in [5.41, 5.74) is 2.44. The summed E-state index contributed by atoms with van der Waals surface area (Å²) in [6.45, 7) is 4.17. The SMILES string of the molecule is Cc1ccc(C2SC(=O)N(C(=S)NC3CCCCC3)C2C)cc1. The summed E-state index contributed by atoms with van der Waals surface area (Å²) in [4.78, 5) is 14.3. The van der Waals surface area contributed by atoms with E-state index >= 15 is 0 Å². The lowest BCUT2D eigenvalue weighted by Crippen LogP contribution is -2.48. The van der Waals surface area contributed by atoms with Gasteiger partial charge in [-0.15, -0.1) is 0 Å². The van der Waals surface area contributed by atoms with E-state index < -0.39 is 0 Å². The van der Waals surface area contributed by atoms with E-state index in [1.54, 1.807) is 4.90 Å². The Morgan fingerprint density at radius 2 is 1.87 bits per heavy atom. The second-order valence-corrected chi connectivity index (χ2v) is 8.09. The predicted octanol–water partition coefficient (Wildman–Crippen LogP) is 4.80. The molecule has 1 saturated heterocycles. The fourth-order valence-electron chi connectivity index (χ4n) is 3.43. The van der Waals surface area contributed by atoms with Crippen LogP contribution in [0.3, 0.4) is 0 Å². The standard InChI is InChI=1S/C18H24N2OS2/c1-12-8-10-14(11-9-12)16-13(2)20(18(21)23-16)17(22)19-15-6-4-3-5-7-15/h8-11,13,15-16H,3-7H2,1-2H3,(H,19,22). The number of amides is 1. The largest absolute Gasteiger partial charge is 0.359 e. The van der Waals surface area contributed by atoms with Crippen molar-refractivity contribution in [2.75, 3.05) is 0 Å². The van der Waals surface area contributed by atoms with Crippen LogP contribution in [0.5, 0.6) is 0 Å². The first kappa shape index (κ1) is 16.8. The van der Waals surface area contributed by atoms with Crippen LogP contribution in [-0.4, -0.2) is 27.3 Å². The Morgan fingerprint density at radius 3 is 2.52 bits per heavy atom. The lowest BCUT2D eigenvalue weighted by Gasteiger charge is -2.30. The Labute approximate surface area is 148 Å². The number of benzene rings is 1. The molecule has 3 rings (SSSR count). The van der Waals surface area contributed by atoms with E-state index in [1.807, 2.05) is 0 Å². The molecule has 1 heterocycles. The van der Waals surface area contributed by atoms with Crippen LogP contribution < -0.4 is 5.32 Å². The van der Waals surface area contributed by atoms with E-state index in [4.69, 9.17) is 12.2 Å². The van der Waals surface area contributed by atoms with Gasteiger partial charge in [-0.2, -0.15) is 0 Å². The minimum absolute atomic E-state index is 0.0661. The van der Waals surface area contributed by atoms with Gasteiger partial charge in [-0.05, 0) is 44.5 Å². The molecule has 0 radical (unpaired) electrons. The van der Waals surface area contributed by atoms with Crippen LogP contribution in [0.1, 0.15) is 55.4 Å². The summed E-state index contributed by atoms with van der Waals surface area (Å²) in [6, 6.07) is 8.97. The molecule has 2 atom stereocenters. The number of hydrogen-bond donors (Lipinski definition) is 1. The Balaban J connectivity index is 1.69. The number of rotatable bonds is 2. The molecule has 3 nitrogen and oxygen atoms in total. The van der Waals surface area contributed by atoms with Gasteiger partial charge in [0.25, 0.3) is 5.24 Å². The van der Waals surface area contributed by atoms with Gasteiger partial charge >= 0.3 is 0 Å². The molecule has 0 bridgehead atoms. The van der Waals surface area contributed by atoms with E-state index in [0.717, 1.165) is 12.8 Å². The summed E-state index contributed by atoms with van der Waals surface area (Å²) in [7, 11) is 0. The van der Waals surface area contributed by atoms with Gasteiger partial charge in [0.1, 0.15) is 0 Å². The van der Waals surface area contributed by atoms with Crippen molar-refractivity contribution in [1.82, 2.24) is 10.2 Å². The Bertz CT molecular complexity index is 581. The van der Waals surface area contributed by atoms with Gasteiger partial charge in [-0.3, -0.25) is 9.69 Å². The first-order chi connectivity index (χ1) is 11.1. The Morgan fingerprint density at radius 1 is 1.22 bits per heavy atom. The minimum atomic E-state index is 0.0661. The highest BCUT2D eigenvalue weighted by Crippen LogP contribution is 2.43. The quantitative estimate of drug-likeness (QED) is 0.778. The molecule has 5 heteroatoms. The number of nitrogens with one attached hydrogen (secondary N) is 1. The molecule has 1 aromatic rings. The average Bonchev–Trinajstić information content (AvgIpc) is 2.84. The van der Waals surface area contributed by atoms with Crippen LogP contribution in [0.15, 0.2) is 24.3 Å². The number of carbonyl (C=O) groups is 1. The van der Waals surface area contributed by atoms with E-state index in [-0.39, 0.29) is 16.5 Å². The molecule has 2 aliphatic rings. The molecule has 0 aromatic heterocycles. The van der Waals surface area contributed by atoms with Crippen molar-refractivity contribution in [1.29, 1.82) is 0 Å². The van der Waals surface area contributed by atoms with Crippen LogP contribution in [0, 0.1) is 6.92 Å². The molecule has 0 spiro atoms. The second kappa shape index (κ2) is 7.22. The van der Waals surface area contributed by atoms with E-state index in [2.05, 4.69) is 43.4 Å². The number of nitrogens with zero attached hydrogens (tertiary/aromatic N) is 1. The fraction of sp³-hybridized carbons (Fsp3) is 0.556. The highest BCUT2D eigenvalue weighted by atomic mass is 32.2. The van der Waals surface area contributed by atoms with Crippen molar-refractivity contribution >= 4 is 34.3 Å². The maximum absolute atomic E-state index is 12.5. The van der Waals surface area contributed by atoms with Crippen LogP contribution in [0.4, 0.5) is 4.79 Å². The van der Waals surface area contributed by atoms with Gasteiger partial charge < -0.3 is 5.32 Å². The number of aryl methyl sites for hydroxylation is 1. The van der Waals surface area contributed by atoms with Crippen molar-refractivity contribution in [3.8, 4) is 0 Å². The van der Waals surface area contributed by atoms with E-state index in [9.17, 15) is 4.79 Å². The molecule has 1 aliphatic carbocycles. The van der Waals surface area contributed by atoms with Crippen LogP contribution in [0.25, 0.3) is 0 Å². The number of thiocarbonyl (C=S) groups is 1. The van der Waals surface area contributed by atoms with Gasteiger partial charge in [0.2, 0.25) is 0 Å². The Kier molecular flexibility index (Phi) is 5.27. The zero-order chi connectivity index (χ0) is 16.4. The third-order valence-electron chi connectivity index (χ3n) is 4.83. The summed E-state index contributed by atoms with van der Waals surface area (Å²) in [6.07, 6.45) is 6.14. The third-order valence-corrected chi connectivity index (χ3v) is 6.46. The van der Waals surface area contributed by atoms with Crippen molar-refractivity contribution in [3.63, 3.8) is 0 Å². The number of thioether (sulfide) groups is 1. The first-order valence-corrected chi connectivity index (χ1v) is 9.72. The average molecular weight is 349 g/mol. The summed E-state index contributed by atoms with van der Waals surface area (Å²) >= 11 is 6.94. The molecule has 1 saturated carbocycles. The third kappa shape index (κ3) is 3.72. The topological polar surface area (TPSA) is 32.3 Å². The van der Waals surface area contributed by atoms with Gasteiger partial charge in [0.05, 0.1) is 11.3 Å². The molecular weight excluding hydrogens is 324 g/mol. The van der Waals surface area contributed by atoms with E-state index in [0.29, 0.717) is 11.2 Å². The highest BCUT2D eigenvalue weighted by Gasteiger charge is 2.41. The normalized spacial score (nSPS) is 25.7. The monoisotopic (exact) mass is 348 g/mol. The van der Waals surface area contributed by atoms with Crippen LogP contribution in [0.2, 0.25) is 0 Å². The Hall–Kier alpha value is -1.07. The lowest BCUT2D eigenvalue weighted by molar-refractivity contribution is 0.237. The van der Waals surface area contributed by atoms with Gasteiger partial charge in [0.15, 0.2) is 5.11 Å². The molecule has 1 N–H and O–H groups in total. The maximum Gasteiger partial charge on any atom is 0.288 e. The summed E-state index contributed by atoms with van der Waals surface area (Å²) < 4.78 is 0. The molecule has 1 aromatic carbocycles. The molecule has 2 unspecified atom stereocenters. The van der Waals surface area contributed by atoms with Crippen LogP contribution >= 0.6 is 24.0 Å². The second-order valence-electron chi connectivity index (χ2n) is 6.61. The number of hydrogen-bond acceptors (Lipinski definition) is 3. The lowest BCUT2D eigenvalue weighted by atomic mass is 9.96. The summed E-state index contributed by atoms with van der Waals surface area (Å²) in [5, 5.41) is 4.25. The van der Waals surface area contributed by atoms with Crippen molar-refractivity contribution in [3.05, 3.63) is 35.4 Å². The first-order valence-electron chi connectivity index (χ1n) is 8.43. The molecule has 23 heavy (non-hydrogen) atoms. The van der Waals surface area contributed by atoms with Gasteiger partial charge in [-0.25, -0.2) is 0 Å². The van der Waals surface area contributed by atoms with Crippen LogP contribution in [-0.2, 0) is 0 Å².